The number of nitrogens with one attached hydrogen (secondary N) is 2. The van der Waals surface area contributed by atoms with Gasteiger partial charge in [0.2, 0.25) is 0 Å². The third kappa shape index (κ3) is 1.88. The number of carbonyl (C=O) groups excluding carboxylic acids is 1. The van der Waals surface area contributed by atoms with Crippen LogP contribution in [0, 0.1) is 6.92 Å². The SMILES string of the molecule is Cc1c(O)cccc1C(=O)Nc1ccn[nH]1. The molecule has 0 aliphatic carbocycles. The van der Waals surface area contributed by atoms with Gasteiger partial charge in [-0.1, -0.05) is 6.07 Å². The fourth-order valence-corrected chi connectivity index (χ4v) is 1.38. The van der Waals surface area contributed by atoms with E-state index >= 15 is 0 Å². The molecule has 0 saturated carbocycles. The first-order valence-corrected chi connectivity index (χ1v) is 4.78. The molecule has 0 spiro atoms. The van der Waals surface area contributed by atoms with Gasteiger partial charge in [-0.15, -0.1) is 0 Å². The number of aromatic amines is 1. The van der Waals surface area contributed by atoms with Gasteiger partial charge in [0.25, 0.3) is 5.91 Å². The van der Waals surface area contributed by atoms with E-state index in [9.17, 15) is 9.90 Å². The number of H-pyrrole nitrogens is 1. The van der Waals surface area contributed by atoms with E-state index in [-0.39, 0.29) is 11.7 Å². The number of nitrogens with zero attached hydrogens (tertiary/aromatic N) is 1. The van der Waals surface area contributed by atoms with Gasteiger partial charge in [-0.3, -0.25) is 9.89 Å². The lowest BCUT2D eigenvalue weighted by Gasteiger charge is -2.06. The molecule has 0 bridgehead atoms. The van der Waals surface area contributed by atoms with E-state index in [1.807, 2.05) is 0 Å². The number of phenols is 1. The molecule has 0 atom stereocenters. The lowest BCUT2D eigenvalue weighted by atomic mass is 10.1. The molecule has 1 aromatic carbocycles. The molecule has 0 unspecified atom stereocenters. The number of hydrogen-bond donors (Lipinski definition) is 3. The van der Waals surface area contributed by atoms with E-state index in [0.717, 1.165) is 0 Å². The van der Waals surface area contributed by atoms with Crippen molar-refractivity contribution < 1.29 is 9.90 Å². The zero-order chi connectivity index (χ0) is 11.5. The number of aromatic nitrogens is 2. The van der Waals surface area contributed by atoms with Crippen molar-refractivity contribution in [3.63, 3.8) is 0 Å². The number of amides is 1. The van der Waals surface area contributed by atoms with Crippen molar-refractivity contribution in [2.75, 3.05) is 5.32 Å². The van der Waals surface area contributed by atoms with Crippen molar-refractivity contribution in [2.24, 2.45) is 0 Å². The summed E-state index contributed by atoms with van der Waals surface area (Å²) < 4.78 is 0. The molecule has 0 aliphatic rings. The summed E-state index contributed by atoms with van der Waals surface area (Å²) >= 11 is 0. The predicted octanol–water partition coefficient (Wildman–Crippen LogP) is 1.68. The van der Waals surface area contributed by atoms with Gasteiger partial charge in [-0.2, -0.15) is 5.10 Å². The maximum Gasteiger partial charge on any atom is 0.257 e. The summed E-state index contributed by atoms with van der Waals surface area (Å²) in [5.41, 5.74) is 0.995. The summed E-state index contributed by atoms with van der Waals surface area (Å²) in [6.45, 7) is 1.69. The van der Waals surface area contributed by atoms with Crippen LogP contribution in [0.5, 0.6) is 5.75 Å². The minimum Gasteiger partial charge on any atom is -0.508 e. The Morgan fingerprint density at radius 1 is 1.44 bits per heavy atom. The Kier molecular flexibility index (Phi) is 2.59. The van der Waals surface area contributed by atoms with Crippen molar-refractivity contribution in [2.45, 2.75) is 6.92 Å². The number of phenolic OH excluding ortho intramolecular Hbond substituents is 1. The summed E-state index contributed by atoms with van der Waals surface area (Å²) in [5.74, 6) is 0.350. The van der Waals surface area contributed by atoms with Crippen LogP contribution in [-0.4, -0.2) is 21.2 Å². The Morgan fingerprint density at radius 3 is 2.94 bits per heavy atom. The van der Waals surface area contributed by atoms with Gasteiger partial charge in [0, 0.05) is 17.2 Å². The highest BCUT2D eigenvalue weighted by Crippen LogP contribution is 2.20. The number of hydrogen-bond acceptors (Lipinski definition) is 3. The average Bonchev–Trinajstić information content (AvgIpc) is 2.74. The average molecular weight is 217 g/mol. The van der Waals surface area contributed by atoms with Gasteiger partial charge in [-0.25, -0.2) is 0 Å². The van der Waals surface area contributed by atoms with Gasteiger partial charge < -0.3 is 10.4 Å². The fourth-order valence-electron chi connectivity index (χ4n) is 1.38. The van der Waals surface area contributed by atoms with E-state index < -0.39 is 0 Å². The van der Waals surface area contributed by atoms with E-state index in [0.29, 0.717) is 16.9 Å². The molecule has 16 heavy (non-hydrogen) atoms. The molecule has 0 radical (unpaired) electrons. The van der Waals surface area contributed by atoms with Crippen molar-refractivity contribution in [3.05, 3.63) is 41.6 Å². The normalized spacial score (nSPS) is 10.1. The zero-order valence-corrected chi connectivity index (χ0v) is 8.69. The molecule has 2 rings (SSSR count). The van der Waals surface area contributed by atoms with Gasteiger partial charge in [0.15, 0.2) is 0 Å². The van der Waals surface area contributed by atoms with Crippen LogP contribution in [0.3, 0.4) is 0 Å². The minimum atomic E-state index is -0.280. The number of carbonyl (C=O) groups is 1. The number of anilines is 1. The molecule has 2 aromatic rings. The Labute approximate surface area is 92.1 Å². The van der Waals surface area contributed by atoms with Crippen LogP contribution in [0.2, 0.25) is 0 Å². The van der Waals surface area contributed by atoms with Crippen LogP contribution >= 0.6 is 0 Å². The highest BCUT2D eigenvalue weighted by atomic mass is 16.3. The molecule has 0 aliphatic heterocycles. The highest BCUT2D eigenvalue weighted by molar-refractivity contribution is 6.05. The molecule has 5 heteroatoms. The zero-order valence-electron chi connectivity index (χ0n) is 8.69. The second-order valence-electron chi connectivity index (χ2n) is 3.37. The smallest absolute Gasteiger partial charge is 0.257 e. The number of rotatable bonds is 2. The Balaban J connectivity index is 2.24. The Hall–Kier alpha value is -2.30. The van der Waals surface area contributed by atoms with E-state index in [1.165, 1.54) is 0 Å². The van der Waals surface area contributed by atoms with Crippen molar-refractivity contribution in [3.8, 4) is 5.75 Å². The topological polar surface area (TPSA) is 78.0 Å². The van der Waals surface area contributed by atoms with Crippen molar-refractivity contribution >= 4 is 11.7 Å². The summed E-state index contributed by atoms with van der Waals surface area (Å²) in [7, 11) is 0. The summed E-state index contributed by atoms with van der Waals surface area (Å²) in [6, 6.07) is 6.48. The molecule has 3 N–H and O–H groups in total. The van der Waals surface area contributed by atoms with Crippen LogP contribution < -0.4 is 5.32 Å². The van der Waals surface area contributed by atoms with Gasteiger partial charge in [0.1, 0.15) is 11.6 Å². The summed E-state index contributed by atoms with van der Waals surface area (Å²) in [6.07, 6.45) is 1.55. The first-order valence-electron chi connectivity index (χ1n) is 4.78. The van der Waals surface area contributed by atoms with Gasteiger partial charge in [0.05, 0.1) is 6.20 Å². The van der Waals surface area contributed by atoms with E-state index in [1.54, 1.807) is 37.4 Å². The van der Waals surface area contributed by atoms with Crippen molar-refractivity contribution in [1.29, 1.82) is 0 Å². The molecular formula is C11H11N3O2. The molecule has 1 amide bonds. The summed E-state index contributed by atoms with van der Waals surface area (Å²) in [5, 5.41) is 18.5. The Morgan fingerprint density at radius 2 is 2.25 bits per heavy atom. The molecule has 0 saturated heterocycles. The lowest BCUT2D eigenvalue weighted by molar-refractivity contribution is 0.102. The lowest BCUT2D eigenvalue weighted by Crippen LogP contribution is -2.13. The highest BCUT2D eigenvalue weighted by Gasteiger charge is 2.11. The standard InChI is InChI=1S/C11H11N3O2/c1-7-8(3-2-4-9(7)15)11(16)13-10-5-6-12-14-10/h2-6,15H,1H3,(H2,12,13,14,16). The van der Waals surface area contributed by atoms with E-state index in [4.69, 9.17) is 0 Å². The second-order valence-corrected chi connectivity index (χ2v) is 3.37. The van der Waals surface area contributed by atoms with Gasteiger partial charge in [-0.05, 0) is 19.1 Å². The Bertz CT molecular complexity index is 506. The fraction of sp³-hybridized carbons (Fsp3) is 0.0909. The second kappa shape index (κ2) is 4.06. The van der Waals surface area contributed by atoms with Crippen LogP contribution in [0.15, 0.2) is 30.5 Å². The van der Waals surface area contributed by atoms with Crippen LogP contribution in [0.4, 0.5) is 5.82 Å². The minimum absolute atomic E-state index is 0.109. The quantitative estimate of drug-likeness (QED) is 0.716. The van der Waals surface area contributed by atoms with Crippen LogP contribution in [0.25, 0.3) is 0 Å². The van der Waals surface area contributed by atoms with E-state index in [2.05, 4.69) is 15.5 Å². The molecule has 1 aromatic heterocycles. The number of benzene rings is 1. The molecule has 82 valence electrons. The predicted molar refractivity (Wildman–Crippen MR) is 59.4 cm³/mol. The molecular weight excluding hydrogens is 206 g/mol. The third-order valence-corrected chi connectivity index (χ3v) is 2.30. The summed E-state index contributed by atoms with van der Waals surface area (Å²) in [4.78, 5) is 11.8. The number of aromatic hydroxyl groups is 1. The van der Waals surface area contributed by atoms with Crippen LogP contribution in [0.1, 0.15) is 15.9 Å². The maximum atomic E-state index is 11.8. The maximum absolute atomic E-state index is 11.8. The van der Waals surface area contributed by atoms with Gasteiger partial charge >= 0.3 is 0 Å². The monoisotopic (exact) mass is 217 g/mol. The first-order chi connectivity index (χ1) is 7.68. The molecule has 1 heterocycles. The largest absolute Gasteiger partial charge is 0.508 e. The van der Waals surface area contributed by atoms with Crippen molar-refractivity contribution in [1.82, 2.24) is 10.2 Å². The third-order valence-electron chi connectivity index (χ3n) is 2.30. The van der Waals surface area contributed by atoms with Crippen LogP contribution in [-0.2, 0) is 0 Å². The molecule has 0 fully saturated rings. The first kappa shape index (κ1) is 10.2. The molecule has 5 nitrogen and oxygen atoms in total.